The van der Waals surface area contributed by atoms with Gasteiger partial charge in [-0.1, -0.05) is 25.0 Å². The molecule has 3 heterocycles. The molecular weight excluding hydrogens is 416 g/mol. The molecule has 0 spiro atoms. The summed E-state index contributed by atoms with van der Waals surface area (Å²) in [6.07, 6.45) is 8.71. The molecule has 5 rings (SSSR count). The van der Waals surface area contributed by atoms with E-state index >= 15 is 0 Å². The van der Waals surface area contributed by atoms with Crippen LogP contribution in [0.5, 0.6) is 0 Å². The molecule has 2 fully saturated rings. The maximum atomic E-state index is 12.5. The second kappa shape index (κ2) is 9.70. The normalized spacial score (nSPS) is 17.0. The first-order valence-electron chi connectivity index (χ1n) is 11.9. The van der Waals surface area contributed by atoms with Crippen molar-refractivity contribution >= 4 is 23.1 Å². The summed E-state index contributed by atoms with van der Waals surface area (Å²) >= 11 is 0. The van der Waals surface area contributed by atoms with Gasteiger partial charge >= 0.3 is 0 Å². The van der Waals surface area contributed by atoms with Crippen LogP contribution in [0.25, 0.3) is 17.0 Å². The van der Waals surface area contributed by atoms with Crippen molar-refractivity contribution in [3.63, 3.8) is 0 Å². The topological polar surface area (TPSA) is 91.6 Å². The summed E-state index contributed by atoms with van der Waals surface area (Å²) in [6.45, 7) is 3.81. The maximum absolute atomic E-state index is 12.5. The first-order valence-corrected chi connectivity index (χ1v) is 11.9. The predicted molar refractivity (Wildman–Crippen MR) is 127 cm³/mol. The average molecular weight is 447 g/mol. The Morgan fingerprint density at radius 2 is 1.73 bits per heavy atom. The third-order valence-electron chi connectivity index (χ3n) is 6.71. The lowest BCUT2D eigenvalue weighted by Crippen LogP contribution is -2.37. The number of aromatic nitrogens is 3. The number of pyridine rings is 1. The van der Waals surface area contributed by atoms with Crippen LogP contribution in [-0.2, 0) is 4.79 Å². The zero-order chi connectivity index (χ0) is 22.6. The van der Waals surface area contributed by atoms with Gasteiger partial charge in [0.15, 0.2) is 11.5 Å². The molecule has 1 saturated heterocycles. The van der Waals surface area contributed by atoms with Gasteiger partial charge in [-0.25, -0.2) is 0 Å². The van der Waals surface area contributed by atoms with Crippen molar-refractivity contribution in [1.82, 2.24) is 24.8 Å². The van der Waals surface area contributed by atoms with Crippen molar-refractivity contribution < 1.29 is 9.59 Å². The molecule has 33 heavy (non-hydrogen) atoms. The second-order valence-electron chi connectivity index (χ2n) is 9.02. The summed E-state index contributed by atoms with van der Waals surface area (Å²) in [5, 5.41) is 14.6. The molecule has 8 nitrogen and oxygen atoms in total. The average Bonchev–Trinajstić information content (AvgIpc) is 3.22. The number of amides is 2. The number of hydrogen-bond acceptors (Lipinski definition) is 5. The quantitative estimate of drug-likeness (QED) is 0.581. The van der Waals surface area contributed by atoms with Crippen LogP contribution in [0.3, 0.4) is 0 Å². The summed E-state index contributed by atoms with van der Waals surface area (Å²) in [6, 6.07) is 11.1. The van der Waals surface area contributed by atoms with E-state index in [4.69, 9.17) is 0 Å². The molecule has 0 atom stereocenters. The molecule has 1 saturated carbocycles. The molecule has 0 unspecified atom stereocenters. The number of nitrogens with zero attached hydrogens (tertiary/aromatic N) is 4. The van der Waals surface area contributed by atoms with Crippen molar-refractivity contribution in [2.24, 2.45) is 5.92 Å². The van der Waals surface area contributed by atoms with Gasteiger partial charge in [-0.3, -0.25) is 14.0 Å². The molecule has 0 bridgehead atoms. The molecule has 1 aromatic carbocycles. The van der Waals surface area contributed by atoms with Crippen LogP contribution in [-0.4, -0.2) is 57.5 Å². The number of fused-ring (bicyclic) bond motifs is 1. The van der Waals surface area contributed by atoms with Gasteiger partial charge in [-0.15, -0.1) is 10.2 Å². The highest BCUT2D eigenvalue weighted by molar-refractivity contribution is 5.94. The molecule has 3 aromatic rings. The summed E-state index contributed by atoms with van der Waals surface area (Å²) in [5.74, 6) is 0.804. The van der Waals surface area contributed by atoms with Crippen molar-refractivity contribution in [2.75, 3.05) is 31.5 Å². The molecule has 1 aliphatic carbocycles. The van der Waals surface area contributed by atoms with Crippen LogP contribution in [0.2, 0.25) is 0 Å². The van der Waals surface area contributed by atoms with Gasteiger partial charge in [0.25, 0.3) is 5.91 Å². The second-order valence-corrected chi connectivity index (χ2v) is 9.02. The van der Waals surface area contributed by atoms with Crippen LogP contribution >= 0.6 is 0 Å². The Balaban J connectivity index is 1.24. The molecular formula is C25H30N6O2. The maximum Gasteiger partial charge on any atom is 0.251 e. The zero-order valence-electron chi connectivity index (χ0n) is 18.8. The van der Waals surface area contributed by atoms with E-state index in [0.29, 0.717) is 23.6 Å². The van der Waals surface area contributed by atoms with E-state index < -0.39 is 0 Å². The van der Waals surface area contributed by atoms with Crippen LogP contribution < -0.4 is 10.6 Å². The van der Waals surface area contributed by atoms with Crippen LogP contribution in [0, 0.1) is 5.92 Å². The number of carbonyl (C=O) groups excluding carboxylic acids is 2. The van der Waals surface area contributed by atoms with Crippen molar-refractivity contribution in [3.05, 3.63) is 48.2 Å². The number of piperidine rings is 1. The van der Waals surface area contributed by atoms with Crippen LogP contribution in [0.15, 0.2) is 42.6 Å². The lowest BCUT2D eigenvalue weighted by Gasteiger charge is -2.26. The molecule has 1 aliphatic heterocycles. The third kappa shape index (κ3) is 4.90. The van der Waals surface area contributed by atoms with Crippen molar-refractivity contribution in [2.45, 2.75) is 38.5 Å². The largest absolute Gasteiger partial charge is 0.351 e. The smallest absolute Gasteiger partial charge is 0.251 e. The van der Waals surface area contributed by atoms with E-state index in [1.165, 1.54) is 19.3 Å². The molecule has 2 amide bonds. The van der Waals surface area contributed by atoms with E-state index in [9.17, 15) is 9.59 Å². The number of benzene rings is 1. The van der Waals surface area contributed by atoms with E-state index in [1.807, 2.05) is 47.0 Å². The van der Waals surface area contributed by atoms with Gasteiger partial charge in [0.1, 0.15) is 0 Å². The van der Waals surface area contributed by atoms with Gasteiger partial charge in [0.2, 0.25) is 5.91 Å². The molecule has 0 radical (unpaired) electrons. The fourth-order valence-corrected chi connectivity index (χ4v) is 4.46. The van der Waals surface area contributed by atoms with Gasteiger partial charge in [0.05, 0.1) is 5.69 Å². The summed E-state index contributed by atoms with van der Waals surface area (Å²) in [7, 11) is 0. The molecule has 8 heteroatoms. The fourth-order valence-electron chi connectivity index (χ4n) is 4.46. The first-order chi connectivity index (χ1) is 16.2. The van der Waals surface area contributed by atoms with Crippen molar-refractivity contribution in [3.8, 4) is 11.4 Å². The predicted octanol–water partition coefficient (Wildman–Crippen LogP) is 3.35. The SMILES string of the molecule is O=C(NCCN1CCCCC1)c1ccc(-c2nnc3ccc(NC(=O)C4CCC4)cn23)cc1. The Hall–Kier alpha value is -3.26. The standard InChI is InChI=1S/C25H30N6O2/c32-24(26-13-16-30-14-2-1-3-15-30)20-9-7-18(8-10-20)23-29-28-22-12-11-21(17-31(22)23)27-25(33)19-5-4-6-19/h7-12,17,19H,1-6,13-16H2,(H,26,32)(H,27,33). The monoisotopic (exact) mass is 446 g/mol. The van der Waals surface area contributed by atoms with E-state index in [1.54, 1.807) is 0 Å². The lowest BCUT2D eigenvalue weighted by atomic mass is 9.85. The number of likely N-dealkylation sites (tertiary alicyclic amines) is 1. The minimum Gasteiger partial charge on any atom is -0.351 e. The Morgan fingerprint density at radius 1 is 0.939 bits per heavy atom. The number of hydrogen-bond donors (Lipinski definition) is 2. The number of rotatable bonds is 7. The van der Waals surface area contributed by atoms with Gasteiger partial charge in [-0.05, 0) is 63.0 Å². The van der Waals surface area contributed by atoms with Crippen molar-refractivity contribution in [1.29, 1.82) is 0 Å². The molecule has 2 aliphatic rings. The van der Waals surface area contributed by atoms with E-state index in [-0.39, 0.29) is 17.7 Å². The fraction of sp³-hybridized carbons (Fsp3) is 0.440. The summed E-state index contributed by atoms with van der Waals surface area (Å²) in [5.41, 5.74) is 2.91. The molecule has 2 aromatic heterocycles. The van der Waals surface area contributed by atoms with Crippen LogP contribution in [0.1, 0.15) is 48.9 Å². The Labute approximate surface area is 193 Å². The summed E-state index contributed by atoms with van der Waals surface area (Å²) in [4.78, 5) is 27.2. The Bertz CT molecular complexity index is 1130. The van der Waals surface area contributed by atoms with E-state index in [0.717, 1.165) is 50.1 Å². The van der Waals surface area contributed by atoms with Gasteiger partial charge in [0, 0.05) is 36.3 Å². The van der Waals surface area contributed by atoms with Crippen LogP contribution in [0.4, 0.5) is 5.69 Å². The number of anilines is 1. The van der Waals surface area contributed by atoms with Gasteiger partial charge < -0.3 is 15.5 Å². The molecule has 172 valence electrons. The number of carbonyl (C=O) groups is 2. The highest BCUT2D eigenvalue weighted by Gasteiger charge is 2.25. The first kappa shape index (κ1) is 21.6. The Morgan fingerprint density at radius 3 is 2.45 bits per heavy atom. The third-order valence-corrected chi connectivity index (χ3v) is 6.71. The Kier molecular flexibility index (Phi) is 6.35. The number of nitrogens with one attached hydrogen (secondary N) is 2. The minimum absolute atomic E-state index is 0.0642. The highest BCUT2D eigenvalue weighted by Crippen LogP contribution is 2.28. The lowest BCUT2D eigenvalue weighted by molar-refractivity contribution is -0.122. The van der Waals surface area contributed by atoms with E-state index in [2.05, 4.69) is 25.7 Å². The summed E-state index contributed by atoms with van der Waals surface area (Å²) < 4.78 is 1.87. The van der Waals surface area contributed by atoms with Gasteiger partial charge in [-0.2, -0.15) is 0 Å². The minimum atomic E-state index is -0.0642. The highest BCUT2D eigenvalue weighted by atomic mass is 16.2. The zero-order valence-corrected chi connectivity index (χ0v) is 18.8. The molecule has 2 N–H and O–H groups in total.